The lowest BCUT2D eigenvalue weighted by Crippen LogP contribution is -2.11. The van der Waals surface area contributed by atoms with Crippen LogP contribution in [0.1, 0.15) is 30.6 Å². The van der Waals surface area contributed by atoms with Crippen molar-refractivity contribution in [3.63, 3.8) is 0 Å². The number of aryl methyl sites for hydroxylation is 2. The normalized spacial score (nSPS) is 14.5. The molecule has 0 amide bonds. The predicted molar refractivity (Wildman–Crippen MR) is 77.0 cm³/mol. The van der Waals surface area contributed by atoms with Crippen LogP contribution in [-0.2, 0) is 6.42 Å². The molecule has 20 heavy (non-hydrogen) atoms. The van der Waals surface area contributed by atoms with Crippen LogP contribution in [0.2, 0.25) is 0 Å². The van der Waals surface area contributed by atoms with Gasteiger partial charge in [-0.2, -0.15) is 5.10 Å². The van der Waals surface area contributed by atoms with Gasteiger partial charge in [0.2, 0.25) is 6.79 Å². The highest BCUT2D eigenvalue weighted by Gasteiger charge is 2.14. The summed E-state index contributed by atoms with van der Waals surface area (Å²) >= 11 is 0. The number of fused-ring (bicyclic) bond motifs is 1. The minimum absolute atomic E-state index is 0.272. The molecule has 1 aromatic heterocycles. The lowest BCUT2D eigenvalue weighted by molar-refractivity contribution is 0.174. The van der Waals surface area contributed by atoms with Crippen molar-refractivity contribution in [1.82, 2.24) is 9.78 Å². The highest BCUT2D eigenvalue weighted by Crippen LogP contribution is 2.33. The molecule has 1 aliphatic heterocycles. The standard InChI is InChI=1S/C15H19N3O2/c1-10-7-15(16)18(17-10)11(2)3-4-12-5-6-13-14(8-12)20-9-19-13/h5-8,11H,3-4,9,16H2,1-2H3. The largest absolute Gasteiger partial charge is 0.454 e. The number of hydrogen-bond acceptors (Lipinski definition) is 4. The van der Waals surface area contributed by atoms with Crippen LogP contribution in [0.3, 0.4) is 0 Å². The van der Waals surface area contributed by atoms with Gasteiger partial charge in [0.1, 0.15) is 5.82 Å². The van der Waals surface area contributed by atoms with Crippen molar-refractivity contribution >= 4 is 5.82 Å². The van der Waals surface area contributed by atoms with Gasteiger partial charge in [0.05, 0.1) is 11.7 Å². The van der Waals surface area contributed by atoms with Gasteiger partial charge in [-0.05, 0) is 44.4 Å². The average molecular weight is 273 g/mol. The lowest BCUT2D eigenvalue weighted by atomic mass is 10.1. The Hall–Kier alpha value is -2.17. The molecule has 1 unspecified atom stereocenters. The van der Waals surface area contributed by atoms with Crippen LogP contribution in [0, 0.1) is 6.92 Å². The van der Waals surface area contributed by atoms with Gasteiger partial charge in [-0.15, -0.1) is 0 Å². The fraction of sp³-hybridized carbons (Fsp3) is 0.400. The van der Waals surface area contributed by atoms with Crippen LogP contribution < -0.4 is 15.2 Å². The Balaban J connectivity index is 1.66. The Labute approximate surface area is 118 Å². The van der Waals surface area contributed by atoms with E-state index in [0.29, 0.717) is 6.79 Å². The first kappa shape index (κ1) is 12.8. The fourth-order valence-corrected chi connectivity index (χ4v) is 2.48. The van der Waals surface area contributed by atoms with Crippen molar-refractivity contribution < 1.29 is 9.47 Å². The van der Waals surface area contributed by atoms with E-state index in [1.54, 1.807) is 0 Å². The summed E-state index contributed by atoms with van der Waals surface area (Å²) in [6.45, 7) is 4.41. The third-order valence-electron chi connectivity index (χ3n) is 3.59. The van der Waals surface area contributed by atoms with E-state index in [0.717, 1.165) is 35.9 Å². The Morgan fingerprint density at radius 3 is 2.85 bits per heavy atom. The van der Waals surface area contributed by atoms with Gasteiger partial charge < -0.3 is 15.2 Å². The number of nitrogens with two attached hydrogens (primary N) is 1. The third-order valence-corrected chi connectivity index (χ3v) is 3.59. The second kappa shape index (κ2) is 5.07. The maximum atomic E-state index is 5.95. The van der Waals surface area contributed by atoms with E-state index in [4.69, 9.17) is 15.2 Å². The van der Waals surface area contributed by atoms with Crippen molar-refractivity contribution in [2.24, 2.45) is 0 Å². The smallest absolute Gasteiger partial charge is 0.231 e. The van der Waals surface area contributed by atoms with Gasteiger partial charge >= 0.3 is 0 Å². The molecule has 0 spiro atoms. The van der Waals surface area contributed by atoms with Gasteiger partial charge in [-0.1, -0.05) is 6.07 Å². The monoisotopic (exact) mass is 273 g/mol. The molecule has 2 aromatic rings. The molecule has 5 heteroatoms. The number of rotatable bonds is 4. The summed E-state index contributed by atoms with van der Waals surface area (Å²) in [5.41, 5.74) is 8.14. The number of anilines is 1. The van der Waals surface area contributed by atoms with Gasteiger partial charge in [0, 0.05) is 6.07 Å². The van der Waals surface area contributed by atoms with Gasteiger partial charge in [0.25, 0.3) is 0 Å². The molecule has 1 atom stereocenters. The van der Waals surface area contributed by atoms with E-state index in [1.165, 1.54) is 5.56 Å². The van der Waals surface area contributed by atoms with E-state index in [-0.39, 0.29) is 6.04 Å². The van der Waals surface area contributed by atoms with Crippen molar-refractivity contribution in [2.45, 2.75) is 32.7 Å². The van der Waals surface area contributed by atoms with Crippen LogP contribution in [0.4, 0.5) is 5.82 Å². The summed E-state index contributed by atoms with van der Waals surface area (Å²) in [7, 11) is 0. The van der Waals surface area contributed by atoms with E-state index < -0.39 is 0 Å². The number of nitrogens with zero attached hydrogens (tertiary/aromatic N) is 2. The molecular weight excluding hydrogens is 254 g/mol. The number of benzene rings is 1. The van der Waals surface area contributed by atoms with Crippen LogP contribution in [0.25, 0.3) is 0 Å². The molecule has 5 nitrogen and oxygen atoms in total. The summed E-state index contributed by atoms with van der Waals surface area (Å²) in [5, 5.41) is 4.43. The number of aromatic nitrogens is 2. The van der Waals surface area contributed by atoms with Crippen molar-refractivity contribution in [2.75, 3.05) is 12.5 Å². The summed E-state index contributed by atoms with van der Waals surface area (Å²) in [6.07, 6.45) is 1.93. The molecule has 2 N–H and O–H groups in total. The zero-order valence-corrected chi connectivity index (χ0v) is 11.8. The molecular formula is C15H19N3O2. The summed E-state index contributed by atoms with van der Waals surface area (Å²) < 4.78 is 12.6. The summed E-state index contributed by atoms with van der Waals surface area (Å²) in [5.74, 6) is 2.39. The second-order valence-corrected chi connectivity index (χ2v) is 5.23. The topological polar surface area (TPSA) is 62.3 Å². The third kappa shape index (κ3) is 2.43. The van der Waals surface area contributed by atoms with Crippen LogP contribution in [-0.4, -0.2) is 16.6 Å². The Morgan fingerprint density at radius 2 is 2.10 bits per heavy atom. The second-order valence-electron chi connectivity index (χ2n) is 5.23. The number of hydrogen-bond donors (Lipinski definition) is 1. The van der Waals surface area contributed by atoms with Crippen molar-refractivity contribution in [3.8, 4) is 11.5 Å². The molecule has 2 heterocycles. The quantitative estimate of drug-likeness (QED) is 0.930. The maximum Gasteiger partial charge on any atom is 0.231 e. The number of nitrogen functional groups attached to an aromatic ring is 1. The van der Waals surface area contributed by atoms with Crippen LogP contribution in [0.5, 0.6) is 11.5 Å². The Kier molecular flexibility index (Phi) is 3.26. The molecule has 0 radical (unpaired) electrons. The zero-order valence-electron chi connectivity index (χ0n) is 11.8. The van der Waals surface area contributed by atoms with E-state index >= 15 is 0 Å². The van der Waals surface area contributed by atoms with Gasteiger partial charge in [0.15, 0.2) is 11.5 Å². The first-order valence-corrected chi connectivity index (χ1v) is 6.83. The maximum absolute atomic E-state index is 5.95. The number of ether oxygens (including phenoxy) is 2. The molecule has 3 rings (SSSR count). The van der Waals surface area contributed by atoms with Gasteiger partial charge in [-0.3, -0.25) is 0 Å². The van der Waals surface area contributed by atoms with Crippen LogP contribution >= 0.6 is 0 Å². The molecule has 0 aliphatic carbocycles. The predicted octanol–water partition coefficient (Wildman–Crippen LogP) is 2.70. The first-order chi connectivity index (χ1) is 9.63. The molecule has 0 saturated carbocycles. The molecule has 0 bridgehead atoms. The Morgan fingerprint density at radius 1 is 1.30 bits per heavy atom. The molecule has 0 saturated heterocycles. The summed E-state index contributed by atoms with van der Waals surface area (Å²) in [4.78, 5) is 0. The minimum atomic E-state index is 0.272. The minimum Gasteiger partial charge on any atom is -0.454 e. The van der Waals surface area contributed by atoms with Gasteiger partial charge in [-0.25, -0.2) is 4.68 Å². The molecule has 1 aromatic carbocycles. The Bertz CT molecular complexity index is 622. The highest BCUT2D eigenvalue weighted by molar-refractivity contribution is 5.44. The van der Waals surface area contributed by atoms with Crippen molar-refractivity contribution in [3.05, 3.63) is 35.5 Å². The van der Waals surface area contributed by atoms with E-state index in [9.17, 15) is 0 Å². The highest BCUT2D eigenvalue weighted by atomic mass is 16.7. The van der Waals surface area contributed by atoms with E-state index in [1.807, 2.05) is 29.8 Å². The van der Waals surface area contributed by atoms with Crippen LogP contribution in [0.15, 0.2) is 24.3 Å². The molecule has 0 fully saturated rings. The zero-order chi connectivity index (χ0) is 14.1. The van der Waals surface area contributed by atoms with E-state index in [2.05, 4.69) is 18.1 Å². The average Bonchev–Trinajstić information content (AvgIpc) is 3.01. The first-order valence-electron chi connectivity index (χ1n) is 6.83. The van der Waals surface area contributed by atoms with Crippen molar-refractivity contribution in [1.29, 1.82) is 0 Å². The molecule has 106 valence electrons. The molecule has 1 aliphatic rings. The fourth-order valence-electron chi connectivity index (χ4n) is 2.48. The SMILES string of the molecule is Cc1cc(N)n(C(C)CCc2ccc3c(c2)OCO3)n1. The summed E-state index contributed by atoms with van der Waals surface area (Å²) in [6, 6.07) is 8.27. The lowest BCUT2D eigenvalue weighted by Gasteiger charge is -2.14.